The van der Waals surface area contributed by atoms with Crippen LogP contribution in [-0.2, 0) is 10.3 Å². The summed E-state index contributed by atoms with van der Waals surface area (Å²) in [5, 5.41) is 4.75. The quantitative estimate of drug-likeness (QED) is 0.698. The summed E-state index contributed by atoms with van der Waals surface area (Å²) in [6.07, 6.45) is 0.233. The van der Waals surface area contributed by atoms with Crippen LogP contribution in [0.3, 0.4) is 0 Å². The highest BCUT2D eigenvalue weighted by molar-refractivity contribution is 6.32. The smallest absolute Gasteiger partial charge is 0.322 e. The number of fused-ring (bicyclic) bond motifs is 2. The van der Waals surface area contributed by atoms with Crippen LogP contribution in [-0.4, -0.2) is 18.5 Å². The van der Waals surface area contributed by atoms with Gasteiger partial charge in [0.25, 0.3) is 5.91 Å². The number of urea groups is 1. The van der Waals surface area contributed by atoms with Gasteiger partial charge < -0.3 is 10.1 Å². The molecule has 7 heteroatoms. The Morgan fingerprint density at radius 3 is 2.83 bits per heavy atom. The number of halogens is 2. The number of carbonyl (C=O) groups is 2. The normalized spacial score (nSPS) is 25.4. The fourth-order valence-corrected chi connectivity index (χ4v) is 2.58. The average molecular weight is 271 g/mol. The highest BCUT2D eigenvalue weighted by Gasteiger charge is 2.51. The van der Waals surface area contributed by atoms with Crippen molar-refractivity contribution in [1.82, 2.24) is 10.6 Å². The van der Waals surface area contributed by atoms with Crippen LogP contribution in [0.5, 0.6) is 5.75 Å². The maximum Gasteiger partial charge on any atom is 0.322 e. The number of imide groups is 1. The van der Waals surface area contributed by atoms with E-state index in [2.05, 4.69) is 10.6 Å². The van der Waals surface area contributed by atoms with E-state index in [1.807, 2.05) is 0 Å². The number of benzene rings is 1. The average Bonchev–Trinajstić information content (AvgIpc) is 2.56. The molecule has 3 rings (SSSR count). The van der Waals surface area contributed by atoms with Crippen molar-refractivity contribution in [1.29, 1.82) is 0 Å². The van der Waals surface area contributed by atoms with Gasteiger partial charge in [-0.05, 0) is 12.1 Å². The molecule has 5 nitrogen and oxygen atoms in total. The first-order chi connectivity index (χ1) is 8.53. The van der Waals surface area contributed by atoms with E-state index in [9.17, 15) is 14.0 Å². The summed E-state index contributed by atoms with van der Waals surface area (Å²) >= 11 is 5.88. The molecule has 94 valence electrons. The summed E-state index contributed by atoms with van der Waals surface area (Å²) in [5.41, 5.74) is -1.03. The van der Waals surface area contributed by atoms with E-state index in [0.717, 1.165) is 12.1 Å². The van der Waals surface area contributed by atoms with E-state index < -0.39 is 23.3 Å². The van der Waals surface area contributed by atoms with Gasteiger partial charge >= 0.3 is 6.03 Å². The Labute approximate surface area is 106 Å². The maximum atomic E-state index is 13.4. The first kappa shape index (κ1) is 11.3. The van der Waals surface area contributed by atoms with Gasteiger partial charge in [-0.1, -0.05) is 11.6 Å². The molecule has 1 aromatic rings. The molecule has 2 heterocycles. The molecule has 1 saturated heterocycles. The zero-order valence-corrected chi connectivity index (χ0v) is 9.81. The molecule has 0 bridgehead atoms. The largest absolute Gasteiger partial charge is 0.492 e. The first-order valence-corrected chi connectivity index (χ1v) is 5.67. The summed E-state index contributed by atoms with van der Waals surface area (Å²) in [6.45, 7) is 0.214. The number of nitrogens with one attached hydrogen (secondary N) is 2. The van der Waals surface area contributed by atoms with E-state index in [0.29, 0.717) is 0 Å². The van der Waals surface area contributed by atoms with Gasteiger partial charge in [0.2, 0.25) is 0 Å². The molecule has 2 N–H and O–H groups in total. The number of amides is 3. The molecule has 0 aromatic heterocycles. The van der Waals surface area contributed by atoms with E-state index in [4.69, 9.17) is 16.3 Å². The number of hydrogen-bond acceptors (Lipinski definition) is 3. The molecule has 1 spiro atoms. The van der Waals surface area contributed by atoms with Crippen molar-refractivity contribution in [2.45, 2.75) is 12.0 Å². The molecule has 18 heavy (non-hydrogen) atoms. The van der Waals surface area contributed by atoms with Gasteiger partial charge in [0.1, 0.15) is 11.6 Å². The second-order valence-electron chi connectivity index (χ2n) is 4.18. The third-order valence-corrected chi connectivity index (χ3v) is 3.41. The van der Waals surface area contributed by atoms with E-state index in [-0.39, 0.29) is 29.4 Å². The minimum atomic E-state index is -1.28. The molecule has 1 fully saturated rings. The van der Waals surface area contributed by atoms with Crippen LogP contribution < -0.4 is 15.4 Å². The minimum Gasteiger partial charge on any atom is -0.492 e. The van der Waals surface area contributed by atoms with Crippen molar-refractivity contribution >= 4 is 23.5 Å². The molecule has 0 radical (unpaired) electrons. The molecule has 3 amide bonds. The molecular weight excluding hydrogens is 263 g/mol. The van der Waals surface area contributed by atoms with Crippen LogP contribution in [0.15, 0.2) is 12.1 Å². The third kappa shape index (κ3) is 1.38. The zero-order chi connectivity index (χ0) is 12.9. The summed E-state index contributed by atoms with van der Waals surface area (Å²) < 4.78 is 18.8. The predicted molar refractivity (Wildman–Crippen MR) is 59.9 cm³/mol. The van der Waals surface area contributed by atoms with E-state index in [1.165, 1.54) is 0 Å². The Morgan fingerprint density at radius 2 is 2.17 bits per heavy atom. The summed E-state index contributed by atoms with van der Waals surface area (Å²) in [7, 11) is 0. The van der Waals surface area contributed by atoms with Crippen LogP contribution in [0.2, 0.25) is 5.02 Å². The molecule has 2 aliphatic heterocycles. The van der Waals surface area contributed by atoms with Gasteiger partial charge in [-0.15, -0.1) is 0 Å². The molecule has 0 aliphatic carbocycles. The molecule has 0 saturated carbocycles. The van der Waals surface area contributed by atoms with Crippen LogP contribution in [0.1, 0.15) is 12.0 Å². The molecular formula is C11H8ClFN2O3. The van der Waals surface area contributed by atoms with Gasteiger partial charge in [0.05, 0.1) is 11.6 Å². The predicted octanol–water partition coefficient (Wildman–Crippen LogP) is 1.30. The Hall–Kier alpha value is -1.82. The van der Waals surface area contributed by atoms with Gasteiger partial charge in [-0.2, -0.15) is 0 Å². The van der Waals surface area contributed by atoms with Gasteiger partial charge in [-0.25, -0.2) is 9.18 Å². The summed E-state index contributed by atoms with van der Waals surface area (Å²) in [4.78, 5) is 23.2. The second-order valence-corrected chi connectivity index (χ2v) is 4.58. The SMILES string of the molecule is O=C1NC(=O)[C@@]2(CCOc3c(Cl)cc(F)cc32)N1. The Kier molecular flexibility index (Phi) is 2.25. The van der Waals surface area contributed by atoms with Crippen LogP contribution >= 0.6 is 11.6 Å². The second kappa shape index (κ2) is 3.58. The highest BCUT2D eigenvalue weighted by atomic mass is 35.5. The van der Waals surface area contributed by atoms with Crippen molar-refractivity contribution < 1.29 is 18.7 Å². The minimum absolute atomic E-state index is 0.0815. The third-order valence-electron chi connectivity index (χ3n) is 3.13. The van der Waals surface area contributed by atoms with Crippen molar-refractivity contribution in [2.75, 3.05) is 6.61 Å². The lowest BCUT2D eigenvalue weighted by Crippen LogP contribution is -2.47. The van der Waals surface area contributed by atoms with Crippen LogP contribution in [0.25, 0.3) is 0 Å². The Balaban J connectivity index is 2.23. The van der Waals surface area contributed by atoms with Gasteiger partial charge in [-0.3, -0.25) is 10.1 Å². The number of hydrogen-bond donors (Lipinski definition) is 2. The molecule has 2 aliphatic rings. The van der Waals surface area contributed by atoms with Crippen molar-refractivity contribution in [3.63, 3.8) is 0 Å². The maximum absolute atomic E-state index is 13.4. The Morgan fingerprint density at radius 1 is 1.39 bits per heavy atom. The highest BCUT2D eigenvalue weighted by Crippen LogP contribution is 2.43. The fourth-order valence-electron chi connectivity index (χ4n) is 2.32. The first-order valence-electron chi connectivity index (χ1n) is 5.29. The number of carbonyl (C=O) groups excluding carboxylic acids is 2. The number of ether oxygens (including phenoxy) is 1. The fraction of sp³-hybridized carbons (Fsp3) is 0.273. The molecule has 1 aromatic carbocycles. The summed E-state index contributed by atoms with van der Waals surface area (Å²) in [5.74, 6) is -0.863. The lowest BCUT2D eigenvalue weighted by atomic mass is 9.84. The number of rotatable bonds is 0. The zero-order valence-electron chi connectivity index (χ0n) is 9.05. The lowest BCUT2D eigenvalue weighted by molar-refractivity contribution is -0.125. The standard InChI is InChI=1S/C11H8ClFN2O3/c12-7-4-5(13)3-6-8(7)18-2-1-11(6)9(16)14-10(17)15-11/h3-4H,1-2H2,(H2,14,15,16,17)/t11-/m0/s1. The molecule has 0 unspecified atom stereocenters. The Bertz CT molecular complexity index is 578. The lowest BCUT2D eigenvalue weighted by Gasteiger charge is -2.33. The van der Waals surface area contributed by atoms with Crippen LogP contribution in [0.4, 0.5) is 9.18 Å². The van der Waals surface area contributed by atoms with Gasteiger partial charge in [0.15, 0.2) is 5.54 Å². The summed E-state index contributed by atoms with van der Waals surface area (Å²) in [6, 6.07) is 1.66. The monoisotopic (exact) mass is 270 g/mol. The van der Waals surface area contributed by atoms with Crippen molar-refractivity contribution in [3.05, 3.63) is 28.5 Å². The van der Waals surface area contributed by atoms with Crippen LogP contribution in [0, 0.1) is 5.82 Å². The molecule has 1 atom stereocenters. The van der Waals surface area contributed by atoms with Crippen molar-refractivity contribution in [3.8, 4) is 5.75 Å². The van der Waals surface area contributed by atoms with Gasteiger partial charge in [0, 0.05) is 12.0 Å². The van der Waals surface area contributed by atoms with Crippen molar-refractivity contribution in [2.24, 2.45) is 0 Å². The topological polar surface area (TPSA) is 67.4 Å². The van der Waals surface area contributed by atoms with E-state index >= 15 is 0 Å². The van der Waals surface area contributed by atoms with E-state index in [1.54, 1.807) is 0 Å².